The number of hydrogen-bond donors (Lipinski definition) is 3. The van der Waals surface area contributed by atoms with Gasteiger partial charge in [-0.25, -0.2) is 13.4 Å². The van der Waals surface area contributed by atoms with Gasteiger partial charge in [0.2, 0.25) is 15.9 Å². The van der Waals surface area contributed by atoms with Gasteiger partial charge in [-0.2, -0.15) is 4.37 Å². The highest BCUT2D eigenvalue weighted by Crippen LogP contribution is 2.30. The van der Waals surface area contributed by atoms with E-state index < -0.39 is 21.2 Å². The van der Waals surface area contributed by atoms with Crippen LogP contribution in [0.4, 0.5) is 22.2 Å². The highest BCUT2D eigenvalue weighted by molar-refractivity contribution is 7.93. The SMILES string of the molecule is Cc1nsc(Nc2cnc3ccccc3n2)c1C(=O)Nc1cccc(NS(=O)(=O)C2CCN(C(=O)CC(C)(C)C)C2)c1. The van der Waals surface area contributed by atoms with Crippen molar-refractivity contribution < 1.29 is 18.0 Å². The summed E-state index contributed by atoms with van der Waals surface area (Å²) in [5.74, 6) is 0.0410. The molecular weight excluding hydrogens is 574 g/mol. The molecule has 1 unspecified atom stereocenters. The zero-order valence-electron chi connectivity index (χ0n) is 23.8. The van der Waals surface area contributed by atoms with Crippen LogP contribution in [0.1, 0.15) is 49.7 Å². The van der Waals surface area contributed by atoms with Gasteiger partial charge < -0.3 is 15.5 Å². The molecule has 0 saturated carbocycles. The first kappa shape index (κ1) is 29.4. The fraction of sp³-hybridized carbons (Fsp3) is 0.345. The molecule has 0 spiro atoms. The molecule has 11 nitrogen and oxygen atoms in total. The standard InChI is InChI=1S/C29H33N7O4S2/c1-18-26(28(41-34-18)33-24-16-30-22-10-5-6-11-23(22)32-24)27(38)31-19-8-7-9-20(14-19)35-42(39,40)21-12-13-36(17-21)25(37)15-29(2,3)4/h5-11,14,16,21,35H,12-13,15,17H2,1-4H3,(H,31,38)(H,32,33). The molecule has 13 heteroatoms. The summed E-state index contributed by atoms with van der Waals surface area (Å²) in [6.45, 7) is 8.25. The third-order valence-corrected chi connectivity index (χ3v) is 9.42. The Morgan fingerprint density at radius 2 is 1.81 bits per heavy atom. The van der Waals surface area contributed by atoms with Crippen LogP contribution in [-0.4, -0.2) is 57.8 Å². The van der Waals surface area contributed by atoms with Gasteiger partial charge in [-0.05, 0) is 60.6 Å². The Bertz CT molecular complexity index is 1750. The van der Waals surface area contributed by atoms with Gasteiger partial charge in [0.05, 0.1) is 39.4 Å². The lowest BCUT2D eigenvalue weighted by molar-refractivity contribution is -0.131. The van der Waals surface area contributed by atoms with E-state index in [4.69, 9.17) is 0 Å². The number of nitrogens with one attached hydrogen (secondary N) is 3. The molecule has 42 heavy (non-hydrogen) atoms. The van der Waals surface area contributed by atoms with E-state index in [2.05, 4.69) is 29.7 Å². The Kier molecular flexibility index (Phi) is 8.15. The average molecular weight is 608 g/mol. The fourth-order valence-electron chi connectivity index (χ4n) is 4.73. The molecule has 0 radical (unpaired) electrons. The number of anilines is 4. The number of sulfonamides is 1. The summed E-state index contributed by atoms with van der Waals surface area (Å²) in [4.78, 5) is 36.5. The zero-order valence-corrected chi connectivity index (χ0v) is 25.5. The zero-order chi connectivity index (χ0) is 30.1. The molecule has 1 aliphatic heterocycles. The van der Waals surface area contributed by atoms with E-state index in [1.807, 2.05) is 45.0 Å². The molecule has 0 aliphatic carbocycles. The third kappa shape index (κ3) is 6.85. The molecule has 220 valence electrons. The van der Waals surface area contributed by atoms with Gasteiger partial charge in [0.1, 0.15) is 10.8 Å². The van der Waals surface area contributed by atoms with Crippen molar-refractivity contribution in [2.75, 3.05) is 28.4 Å². The molecule has 2 amide bonds. The molecule has 4 aromatic rings. The Hall–Kier alpha value is -4.10. The van der Waals surface area contributed by atoms with Gasteiger partial charge in [-0.1, -0.05) is 39.0 Å². The molecule has 5 rings (SSSR count). The number of fused-ring (bicyclic) bond motifs is 1. The van der Waals surface area contributed by atoms with Crippen molar-refractivity contribution in [3.05, 3.63) is 66.0 Å². The van der Waals surface area contributed by atoms with E-state index in [-0.39, 0.29) is 17.9 Å². The number of hydrogen-bond acceptors (Lipinski definition) is 9. The van der Waals surface area contributed by atoms with Gasteiger partial charge in [0.25, 0.3) is 5.91 Å². The van der Waals surface area contributed by atoms with E-state index in [1.54, 1.807) is 42.3 Å². The molecule has 1 atom stereocenters. The number of amides is 2. The second-order valence-electron chi connectivity index (χ2n) is 11.5. The largest absolute Gasteiger partial charge is 0.341 e. The molecule has 1 aliphatic rings. The molecule has 3 N–H and O–H groups in total. The molecular formula is C29H33N7O4S2. The number of nitrogens with zero attached hydrogens (tertiary/aromatic N) is 4. The van der Waals surface area contributed by atoms with Crippen LogP contribution >= 0.6 is 11.5 Å². The topological polar surface area (TPSA) is 146 Å². The summed E-state index contributed by atoms with van der Waals surface area (Å²) in [5.41, 5.74) is 2.93. The van der Waals surface area contributed by atoms with Gasteiger partial charge in [-0.3, -0.25) is 19.3 Å². The van der Waals surface area contributed by atoms with Crippen LogP contribution in [-0.2, 0) is 14.8 Å². The quantitative estimate of drug-likeness (QED) is 0.249. The second-order valence-corrected chi connectivity index (χ2v) is 14.2. The first-order chi connectivity index (χ1) is 19.9. The lowest BCUT2D eigenvalue weighted by Gasteiger charge is -2.23. The summed E-state index contributed by atoms with van der Waals surface area (Å²) < 4.78 is 33.3. The molecule has 0 bridgehead atoms. The third-order valence-electron chi connectivity index (χ3n) is 6.78. The number of carbonyl (C=O) groups excluding carboxylic acids is 2. The van der Waals surface area contributed by atoms with Crippen molar-refractivity contribution in [2.45, 2.75) is 45.8 Å². The van der Waals surface area contributed by atoms with Crippen LogP contribution in [0.2, 0.25) is 0 Å². The molecule has 3 heterocycles. The van der Waals surface area contributed by atoms with E-state index in [1.165, 1.54) is 0 Å². The summed E-state index contributed by atoms with van der Waals surface area (Å²) in [6, 6.07) is 14.0. The summed E-state index contributed by atoms with van der Waals surface area (Å²) in [5, 5.41) is 5.79. The Morgan fingerprint density at radius 1 is 1.07 bits per heavy atom. The maximum absolute atomic E-state index is 13.3. The predicted molar refractivity (Wildman–Crippen MR) is 166 cm³/mol. The average Bonchev–Trinajstić information content (AvgIpc) is 3.56. The number of para-hydroxylation sites is 2. The number of aromatic nitrogens is 3. The highest BCUT2D eigenvalue weighted by Gasteiger charge is 2.36. The lowest BCUT2D eigenvalue weighted by atomic mass is 9.92. The number of rotatable bonds is 8. The predicted octanol–water partition coefficient (Wildman–Crippen LogP) is 5.17. The number of carbonyl (C=O) groups is 2. The minimum absolute atomic E-state index is 0.0374. The van der Waals surface area contributed by atoms with Crippen LogP contribution in [0.3, 0.4) is 0 Å². The molecule has 2 aromatic heterocycles. The van der Waals surface area contributed by atoms with Crippen LogP contribution in [0.5, 0.6) is 0 Å². The van der Waals surface area contributed by atoms with Gasteiger partial charge >= 0.3 is 0 Å². The Balaban J connectivity index is 1.25. The lowest BCUT2D eigenvalue weighted by Crippen LogP contribution is -2.35. The number of likely N-dealkylation sites (tertiary alicyclic amines) is 1. The van der Waals surface area contributed by atoms with Crippen molar-refractivity contribution in [1.82, 2.24) is 19.2 Å². The van der Waals surface area contributed by atoms with E-state index >= 15 is 0 Å². The molecule has 1 saturated heterocycles. The maximum atomic E-state index is 13.3. The second kappa shape index (κ2) is 11.6. The van der Waals surface area contributed by atoms with Crippen LogP contribution in [0, 0.1) is 12.3 Å². The number of aryl methyl sites for hydroxylation is 1. The Morgan fingerprint density at radius 3 is 2.57 bits per heavy atom. The van der Waals surface area contributed by atoms with Crippen molar-refractivity contribution in [1.29, 1.82) is 0 Å². The smallest absolute Gasteiger partial charge is 0.260 e. The van der Waals surface area contributed by atoms with Crippen molar-refractivity contribution >= 4 is 66.6 Å². The highest BCUT2D eigenvalue weighted by atomic mass is 32.2. The van der Waals surface area contributed by atoms with Gasteiger partial charge in [0, 0.05) is 25.2 Å². The minimum Gasteiger partial charge on any atom is -0.341 e. The van der Waals surface area contributed by atoms with Crippen molar-refractivity contribution in [3.8, 4) is 0 Å². The minimum atomic E-state index is -3.76. The van der Waals surface area contributed by atoms with Crippen LogP contribution < -0.4 is 15.4 Å². The van der Waals surface area contributed by atoms with E-state index in [9.17, 15) is 18.0 Å². The van der Waals surface area contributed by atoms with Crippen LogP contribution in [0.25, 0.3) is 11.0 Å². The first-order valence-corrected chi connectivity index (χ1v) is 15.9. The van der Waals surface area contributed by atoms with Crippen molar-refractivity contribution in [2.24, 2.45) is 5.41 Å². The number of benzene rings is 2. The maximum Gasteiger partial charge on any atom is 0.260 e. The van der Waals surface area contributed by atoms with E-state index in [0.29, 0.717) is 52.8 Å². The summed E-state index contributed by atoms with van der Waals surface area (Å²) >= 11 is 1.14. The monoisotopic (exact) mass is 607 g/mol. The van der Waals surface area contributed by atoms with Crippen molar-refractivity contribution in [3.63, 3.8) is 0 Å². The van der Waals surface area contributed by atoms with Gasteiger partial charge in [0.15, 0.2) is 0 Å². The summed E-state index contributed by atoms with van der Waals surface area (Å²) in [7, 11) is -3.76. The van der Waals surface area contributed by atoms with Crippen LogP contribution in [0.15, 0.2) is 54.7 Å². The first-order valence-electron chi connectivity index (χ1n) is 13.5. The summed E-state index contributed by atoms with van der Waals surface area (Å²) in [6.07, 6.45) is 2.32. The van der Waals surface area contributed by atoms with E-state index in [0.717, 1.165) is 22.6 Å². The Labute approximate surface area is 249 Å². The normalized spacial score (nSPS) is 15.5. The molecule has 1 fully saturated rings. The van der Waals surface area contributed by atoms with Gasteiger partial charge in [-0.15, -0.1) is 0 Å². The molecule has 2 aromatic carbocycles. The fourth-order valence-corrected chi connectivity index (χ4v) is 6.95.